The highest BCUT2D eigenvalue weighted by molar-refractivity contribution is 6.18. The van der Waals surface area contributed by atoms with Crippen LogP contribution in [0.25, 0.3) is 55.2 Å². The van der Waals surface area contributed by atoms with Gasteiger partial charge in [0, 0.05) is 11.3 Å². The summed E-state index contributed by atoms with van der Waals surface area (Å²) in [4.78, 5) is 5.25. The summed E-state index contributed by atoms with van der Waals surface area (Å²) in [6.45, 7) is 2.22. The van der Waals surface area contributed by atoms with E-state index >= 15 is 0 Å². The molecule has 0 N–H and O–H groups in total. The van der Waals surface area contributed by atoms with Gasteiger partial charge < -0.3 is 0 Å². The molecule has 1 aromatic heterocycles. The van der Waals surface area contributed by atoms with Crippen LogP contribution in [0.1, 0.15) is 25.3 Å². The van der Waals surface area contributed by atoms with Crippen molar-refractivity contribution in [2.24, 2.45) is 0 Å². The molecule has 0 radical (unpaired) electrons. The van der Waals surface area contributed by atoms with E-state index in [0.29, 0.717) is 0 Å². The number of fused-ring (bicyclic) bond motifs is 3. The predicted molar refractivity (Wildman–Crippen MR) is 152 cm³/mol. The molecule has 0 bridgehead atoms. The summed E-state index contributed by atoms with van der Waals surface area (Å²) in [5.41, 5.74) is 8.64. The summed E-state index contributed by atoms with van der Waals surface area (Å²) < 4.78 is 2.31. The Morgan fingerprint density at radius 1 is 0.583 bits per heavy atom. The molecule has 1 heterocycles. The van der Waals surface area contributed by atoms with Crippen LogP contribution < -0.4 is 0 Å². The first-order valence-corrected chi connectivity index (χ1v) is 12.6. The van der Waals surface area contributed by atoms with Crippen LogP contribution in [-0.2, 0) is 0 Å². The maximum Gasteiger partial charge on any atom is 0.146 e. The number of benzene rings is 5. The molecule has 0 aliphatic heterocycles. The average Bonchev–Trinajstić information content (AvgIpc) is 3.32. The van der Waals surface area contributed by atoms with E-state index in [4.69, 9.17) is 4.98 Å². The Balaban J connectivity index is 1.65. The van der Waals surface area contributed by atoms with E-state index in [1.807, 2.05) is 0 Å². The fourth-order valence-electron chi connectivity index (χ4n) is 5.70. The fourth-order valence-corrected chi connectivity index (χ4v) is 5.70. The fraction of sp³-hybridized carbons (Fsp3) is 0.0882. The van der Waals surface area contributed by atoms with Gasteiger partial charge >= 0.3 is 0 Å². The molecule has 1 aliphatic rings. The number of hydrogen-bond donors (Lipinski definition) is 0. The van der Waals surface area contributed by atoms with E-state index in [1.165, 1.54) is 43.8 Å². The quantitative estimate of drug-likeness (QED) is 0.240. The summed E-state index contributed by atoms with van der Waals surface area (Å²) >= 11 is 0. The normalized spacial score (nSPS) is 13.8. The van der Waals surface area contributed by atoms with Crippen LogP contribution in [0, 0.1) is 0 Å². The second kappa shape index (κ2) is 8.35. The Hall–Kier alpha value is -4.43. The van der Waals surface area contributed by atoms with Crippen molar-refractivity contribution in [1.29, 1.82) is 0 Å². The maximum atomic E-state index is 5.25. The van der Waals surface area contributed by atoms with Crippen LogP contribution in [0.2, 0.25) is 0 Å². The van der Waals surface area contributed by atoms with Crippen LogP contribution in [0.4, 0.5) is 0 Å². The molecule has 0 amide bonds. The first-order valence-electron chi connectivity index (χ1n) is 12.6. The first kappa shape index (κ1) is 20.9. The molecule has 7 rings (SSSR count). The standard InChI is InChI=1S/C34H26N2/c1-23-19-21-24(22-20-23)32-26-13-5-7-15-28(26)33(29-16-8-6-14-27(29)32)34-35-30-17-9-10-18-31(30)36(34)25-11-3-2-4-12-25/h2-19,21H,20,22H2,1H3. The molecule has 2 nitrogen and oxygen atoms in total. The van der Waals surface area contributed by atoms with E-state index in [9.17, 15) is 0 Å². The Labute approximate surface area is 210 Å². The SMILES string of the molecule is CC1=CC=C(c2c3ccccc3c(-c3nc4ccccc4n3-c3ccccc3)c3ccccc23)CC1. The van der Waals surface area contributed by atoms with Crippen molar-refractivity contribution in [3.05, 3.63) is 126 Å². The van der Waals surface area contributed by atoms with Gasteiger partial charge in [-0.25, -0.2) is 4.98 Å². The van der Waals surface area contributed by atoms with Crippen molar-refractivity contribution in [3.8, 4) is 17.1 Å². The van der Waals surface area contributed by atoms with Gasteiger partial charge in [0.15, 0.2) is 0 Å². The number of rotatable bonds is 3. The molecule has 0 unspecified atom stereocenters. The molecule has 172 valence electrons. The van der Waals surface area contributed by atoms with Crippen LogP contribution in [0.15, 0.2) is 121 Å². The molecule has 6 aromatic rings. The number of allylic oxidation sites excluding steroid dienone is 4. The minimum Gasteiger partial charge on any atom is -0.292 e. The lowest BCUT2D eigenvalue weighted by atomic mass is 9.84. The summed E-state index contributed by atoms with van der Waals surface area (Å²) in [6.07, 6.45) is 6.79. The molecule has 5 aromatic carbocycles. The number of para-hydroxylation sites is 3. The van der Waals surface area contributed by atoms with Gasteiger partial charge in [-0.2, -0.15) is 0 Å². The smallest absolute Gasteiger partial charge is 0.146 e. The van der Waals surface area contributed by atoms with E-state index in [0.717, 1.165) is 35.4 Å². The molecular weight excluding hydrogens is 436 g/mol. The molecule has 2 heteroatoms. The topological polar surface area (TPSA) is 17.8 Å². The predicted octanol–water partition coefficient (Wildman–Crippen LogP) is 9.12. The van der Waals surface area contributed by atoms with Crippen LogP contribution in [0.3, 0.4) is 0 Å². The average molecular weight is 463 g/mol. The third kappa shape index (κ3) is 3.22. The lowest BCUT2D eigenvalue weighted by molar-refractivity contribution is 0.979. The number of aromatic nitrogens is 2. The van der Waals surface area contributed by atoms with Crippen molar-refractivity contribution < 1.29 is 0 Å². The third-order valence-electron chi connectivity index (χ3n) is 7.41. The zero-order valence-electron chi connectivity index (χ0n) is 20.3. The highest BCUT2D eigenvalue weighted by atomic mass is 15.1. The Morgan fingerprint density at radius 2 is 1.17 bits per heavy atom. The number of imidazole rings is 1. The second-order valence-corrected chi connectivity index (χ2v) is 9.64. The first-order chi connectivity index (χ1) is 17.8. The molecule has 0 atom stereocenters. The molecule has 0 fully saturated rings. The van der Waals surface area contributed by atoms with Crippen molar-refractivity contribution >= 4 is 38.2 Å². The maximum absolute atomic E-state index is 5.25. The van der Waals surface area contributed by atoms with Gasteiger partial charge in [0.05, 0.1) is 11.0 Å². The minimum atomic E-state index is 0.981. The van der Waals surface area contributed by atoms with Crippen molar-refractivity contribution in [2.45, 2.75) is 19.8 Å². The van der Waals surface area contributed by atoms with Gasteiger partial charge in [-0.15, -0.1) is 0 Å². The Kier molecular flexibility index (Phi) is 4.85. The Morgan fingerprint density at radius 3 is 1.81 bits per heavy atom. The summed E-state index contributed by atoms with van der Waals surface area (Å²) in [5.74, 6) is 0.981. The second-order valence-electron chi connectivity index (χ2n) is 9.64. The molecule has 0 spiro atoms. The Bertz CT molecular complexity index is 1780. The lowest BCUT2D eigenvalue weighted by Gasteiger charge is -2.21. The molecule has 1 aliphatic carbocycles. The van der Waals surface area contributed by atoms with Gasteiger partial charge in [0.2, 0.25) is 0 Å². The van der Waals surface area contributed by atoms with Crippen molar-refractivity contribution in [2.75, 3.05) is 0 Å². The van der Waals surface area contributed by atoms with E-state index < -0.39 is 0 Å². The molecular formula is C34H26N2. The van der Waals surface area contributed by atoms with Crippen LogP contribution >= 0.6 is 0 Å². The van der Waals surface area contributed by atoms with Crippen LogP contribution in [-0.4, -0.2) is 9.55 Å². The van der Waals surface area contributed by atoms with Gasteiger partial charge in [-0.05, 0) is 76.7 Å². The number of hydrogen-bond acceptors (Lipinski definition) is 1. The third-order valence-corrected chi connectivity index (χ3v) is 7.41. The largest absolute Gasteiger partial charge is 0.292 e. The van der Waals surface area contributed by atoms with E-state index in [2.05, 4.69) is 127 Å². The molecule has 0 saturated heterocycles. The van der Waals surface area contributed by atoms with E-state index in [-0.39, 0.29) is 0 Å². The summed E-state index contributed by atoms with van der Waals surface area (Å²) in [7, 11) is 0. The molecule has 36 heavy (non-hydrogen) atoms. The monoisotopic (exact) mass is 462 g/mol. The van der Waals surface area contributed by atoms with Gasteiger partial charge in [-0.1, -0.05) is 96.6 Å². The molecule has 0 saturated carbocycles. The minimum absolute atomic E-state index is 0.981. The number of nitrogens with zero attached hydrogens (tertiary/aromatic N) is 2. The lowest BCUT2D eigenvalue weighted by Crippen LogP contribution is -2.01. The van der Waals surface area contributed by atoms with Crippen molar-refractivity contribution in [3.63, 3.8) is 0 Å². The zero-order valence-corrected chi connectivity index (χ0v) is 20.3. The van der Waals surface area contributed by atoms with Gasteiger partial charge in [0.1, 0.15) is 5.82 Å². The highest BCUT2D eigenvalue weighted by Gasteiger charge is 2.22. The summed E-state index contributed by atoms with van der Waals surface area (Å²) in [6, 6.07) is 36.7. The van der Waals surface area contributed by atoms with E-state index in [1.54, 1.807) is 0 Å². The summed E-state index contributed by atoms with van der Waals surface area (Å²) in [5, 5.41) is 5.06. The van der Waals surface area contributed by atoms with Gasteiger partial charge in [-0.3, -0.25) is 4.57 Å². The zero-order chi connectivity index (χ0) is 24.1. The van der Waals surface area contributed by atoms with Crippen LogP contribution in [0.5, 0.6) is 0 Å². The van der Waals surface area contributed by atoms with Crippen molar-refractivity contribution in [1.82, 2.24) is 9.55 Å². The highest BCUT2D eigenvalue weighted by Crippen LogP contribution is 2.44. The van der Waals surface area contributed by atoms with Gasteiger partial charge in [0.25, 0.3) is 0 Å².